The molecule has 0 heterocycles. The third-order valence-corrected chi connectivity index (χ3v) is 3.58. The third-order valence-electron chi connectivity index (χ3n) is 3.58. The highest BCUT2D eigenvalue weighted by atomic mass is 16.5. The molecule has 0 aliphatic heterocycles. The van der Waals surface area contributed by atoms with Gasteiger partial charge >= 0.3 is 0 Å². The maximum Gasteiger partial charge on any atom is 0.269 e. The Labute approximate surface area is 157 Å². The van der Waals surface area contributed by atoms with Gasteiger partial charge in [0.2, 0.25) is 0 Å². The molecule has 0 bridgehead atoms. The number of rotatable bonds is 7. The van der Waals surface area contributed by atoms with Crippen LogP contribution < -0.4 is 25.1 Å². The molecular formula is C20H22N2O5. The fourth-order valence-corrected chi connectivity index (χ4v) is 2.22. The lowest BCUT2D eigenvalue weighted by molar-refractivity contribution is -0.117. The van der Waals surface area contributed by atoms with Crippen LogP contribution in [-0.2, 0) is 4.79 Å². The Morgan fingerprint density at radius 2 is 1.67 bits per heavy atom. The summed E-state index contributed by atoms with van der Waals surface area (Å²) in [4.78, 5) is 24.0. The maximum absolute atomic E-state index is 12.0. The van der Waals surface area contributed by atoms with Gasteiger partial charge in [-0.1, -0.05) is 0 Å². The molecule has 2 rings (SSSR count). The van der Waals surface area contributed by atoms with E-state index in [0.29, 0.717) is 35.0 Å². The summed E-state index contributed by atoms with van der Waals surface area (Å²) >= 11 is 0. The van der Waals surface area contributed by atoms with Gasteiger partial charge in [-0.25, -0.2) is 0 Å². The fourth-order valence-electron chi connectivity index (χ4n) is 2.22. The molecule has 7 heteroatoms. The Balaban J connectivity index is 1.92. The van der Waals surface area contributed by atoms with Crippen LogP contribution in [0.3, 0.4) is 0 Å². The lowest BCUT2D eigenvalue weighted by Crippen LogP contribution is -2.40. The maximum atomic E-state index is 12.0. The van der Waals surface area contributed by atoms with E-state index in [2.05, 4.69) is 10.9 Å². The zero-order valence-electron chi connectivity index (χ0n) is 15.4. The Hall–Kier alpha value is -3.48. The van der Waals surface area contributed by atoms with Crippen LogP contribution >= 0.6 is 0 Å². The minimum atomic E-state index is -0.479. The summed E-state index contributed by atoms with van der Waals surface area (Å²) in [7, 11) is 3.09. The van der Waals surface area contributed by atoms with Gasteiger partial charge in [0.25, 0.3) is 11.8 Å². The van der Waals surface area contributed by atoms with Gasteiger partial charge < -0.3 is 14.2 Å². The first kappa shape index (κ1) is 19.8. The quantitative estimate of drug-likeness (QED) is 0.578. The molecule has 0 fully saturated rings. The van der Waals surface area contributed by atoms with Crippen LogP contribution in [0.5, 0.6) is 17.2 Å². The van der Waals surface area contributed by atoms with Crippen LogP contribution in [0.2, 0.25) is 0 Å². The van der Waals surface area contributed by atoms with Gasteiger partial charge in [-0.3, -0.25) is 20.4 Å². The summed E-state index contributed by atoms with van der Waals surface area (Å²) in [6.45, 7) is 2.43. The topological polar surface area (TPSA) is 85.9 Å². The molecule has 0 saturated carbocycles. The van der Waals surface area contributed by atoms with E-state index >= 15 is 0 Å². The average molecular weight is 370 g/mol. The van der Waals surface area contributed by atoms with E-state index in [4.69, 9.17) is 14.2 Å². The van der Waals surface area contributed by atoms with Crippen LogP contribution in [0.1, 0.15) is 22.8 Å². The average Bonchev–Trinajstić information content (AvgIpc) is 2.71. The molecule has 27 heavy (non-hydrogen) atoms. The number of amides is 2. The molecule has 0 unspecified atom stereocenters. The second-order valence-corrected chi connectivity index (χ2v) is 5.34. The van der Waals surface area contributed by atoms with Gasteiger partial charge in [-0.05, 0) is 49.4 Å². The second-order valence-electron chi connectivity index (χ2n) is 5.34. The Morgan fingerprint density at radius 1 is 0.963 bits per heavy atom. The molecule has 0 saturated heterocycles. The number of carbonyl (C=O) groups excluding carboxylic acids is 2. The number of hydrazine groups is 1. The van der Waals surface area contributed by atoms with Crippen molar-refractivity contribution in [2.75, 3.05) is 20.8 Å². The van der Waals surface area contributed by atoms with Crippen LogP contribution in [0.4, 0.5) is 0 Å². The number of methoxy groups -OCH3 is 2. The summed E-state index contributed by atoms with van der Waals surface area (Å²) in [6.07, 6.45) is 2.87. The molecule has 2 amide bonds. The van der Waals surface area contributed by atoms with Gasteiger partial charge in [-0.2, -0.15) is 0 Å². The summed E-state index contributed by atoms with van der Waals surface area (Å²) in [6, 6.07) is 11.8. The largest absolute Gasteiger partial charge is 0.497 e. The summed E-state index contributed by atoms with van der Waals surface area (Å²) in [5.74, 6) is 0.983. The highest BCUT2D eigenvalue weighted by Crippen LogP contribution is 2.25. The third kappa shape index (κ3) is 5.78. The molecule has 142 valence electrons. The van der Waals surface area contributed by atoms with Crippen LogP contribution in [-0.4, -0.2) is 32.6 Å². The molecular weight excluding hydrogens is 348 g/mol. The van der Waals surface area contributed by atoms with Gasteiger partial charge in [0, 0.05) is 23.3 Å². The Kier molecular flexibility index (Phi) is 7.25. The molecule has 2 N–H and O–H groups in total. The van der Waals surface area contributed by atoms with Crippen LogP contribution in [0.15, 0.2) is 48.5 Å². The van der Waals surface area contributed by atoms with Crippen molar-refractivity contribution < 1.29 is 23.8 Å². The van der Waals surface area contributed by atoms with E-state index in [1.807, 2.05) is 6.92 Å². The van der Waals surface area contributed by atoms with Gasteiger partial charge in [0.15, 0.2) is 0 Å². The molecule has 2 aromatic rings. The molecule has 2 aromatic carbocycles. The zero-order valence-corrected chi connectivity index (χ0v) is 15.4. The lowest BCUT2D eigenvalue weighted by Gasteiger charge is -2.08. The van der Waals surface area contributed by atoms with Gasteiger partial charge in [0.1, 0.15) is 17.2 Å². The number of hydrogen-bond acceptors (Lipinski definition) is 5. The van der Waals surface area contributed by atoms with E-state index in [-0.39, 0.29) is 0 Å². The van der Waals surface area contributed by atoms with E-state index in [1.165, 1.54) is 13.2 Å². The Bertz CT molecular complexity index is 816. The molecule has 0 radical (unpaired) electrons. The first-order valence-electron chi connectivity index (χ1n) is 8.30. The summed E-state index contributed by atoms with van der Waals surface area (Å²) in [5, 5.41) is 0. The summed E-state index contributed by atoms with van der Waals surface area (Å²) < 4.78 is 15.7. The first-order chi connectivity index (χ1) is 13.1. The molecule has 0 atom stereocenters. The number of benzene rings is 2. The van der Waals surface area contributed by atoms with Crippen molar-refractivity contribution in [1.82, 2.24) is 10.9 Å². The van der Waals surface area contributed by atoms with Gasteiger partial charge in [0.05, 0.1) is 20.8 Å². The van der Waals surface area contributed by atoms with Crippen molar-refractivity contribution >= 4 is 17.9 Å². The lowest BCUT2D eigenvalue weighted by atomic mass is 10.1. The standard InChI is InChI=1S/C20H22N2O5/c1-4-27-16-9-6-15(7-10-16)20(24)22-21-19(23)12-8-14-5-11-17(25-2)13-18(14)26-3/h5-13H,4H2,1-3H3,(H,21,23)(H,22,24)/b12-8+. The fraction of sp³-hybridized carbons (Fsp3) is 0.200. The Morgan fingerprint density at radius 3 is 2.30 bits per heavy atom. The number of nitrogens with one attached hydrogen (secondary N) is 2. The van der Waals surface area contributed by atoms with Crippen molar-refractivity contribution in [3.63, 3.8) is 0 Å². The van der Waals surface area contributed by atoms with E-state index in [9.17, 15) is 9.59 Å². The predicted molar refractivity (Wildman–Crippen MR) is 102 cm³/mol. The first-order valence-corrected chi connectivity index (χ1v) is 8.30. The number of carbonyl (C=O) groups is 2. The SMILES string of the molecule is CCOc1ccc(C(=O)NNC(=O)/C=C/c2ccc(OC)cc2OC)cc1. The van der Waals surface area contributed by atoms with Crippen molar-refractivity contribution in [2.45, 2.75) is 6.92 Å². The summed E-state index contributed by atoms with van der Waals surface area (Å²) in [5.41, 5.74) is 5.78. The molecule has 0 aliphatic carbocycles. The van der Waals surface area contributed by atoms with Crippen LogP contribution in [0, 0.1) is 0 Å². The predicted octanol–water partition coefficient (Wildman–Crippen LogP) is 2.58. The van der Waals surface area contributed by atoms with Crippen molar-refractivity contribution in [3.05, 3.63) is 59.7 Å². The number of hydrogen-bond donors (Lipinski definition) is 2. The zero-order chi connectivity index (χ0) is 19.6. The normalized spacial score (nSPS) is 10.3. The van der Waals surface area contributed by atoms with Crippen molar-refractivity contribution in [3.8, 4) is 17.2 Å². The minimum Gasteiger partial charge on any atom is -0.497 e. The van der Waals surface area contributed by atoms with E-state index < -0.39 is 11.8 Å². The minimum absolute atomic E-state index is 0.402. The second kappa shape index (κ2) is 9.86. The molecule has 7 nitrogen and oxygen atoms in total. The van der Waals surface area contributed by atoms with Crippen molar-refractivity contribution in [1.29, 1.82) is 0 Å². The highest BCUT2D eigenvalue weighted by Gasteiger charge is 2.07. The molecule has 0 aliphatic rings. The number of ether oxygens (including phenoxy) is 3. The van der Waals surface area contributed by atoms with E-state index in [0.717, 1.165) is 0 Å². The van der Waals surface area contributed by atoms with E-state index in [1.54, 1.807) is 55.7 Å². The highest BCUT2D eigenvalue weighted by molar-refractivity contribution is 5.98. The van der Waals surface area contributed by atoms with Gasteiger partial charge in [-0.15, -0.1) is 0 Å². The van der Waals surface area contributed by atoms with Crippen molar-refractivity contribution in [2.24, 2.45) is 0 Å². The molecule has 0 spiro atoms. The van der Waals surface area contributed by atoms with Crippen LogP contribution in [0.25, 0.3) is 6.08 Å². The molecule has 0 aromatic heterocycles. The smallest absolute Gasteiger partial charge is 0.269 e. The monoisotopic (exact) mass is 370 g/mol.